The van der Waals surface area contributed by atoms with Crippen LogP contribution >= 0.6 is 0 Å². The van der Waals surface area contributed by atoms with Crippen molar-refractivity contribution >= 4 is 5.91 Å². The lowest BCUT2D eigenvalue weighted by molar-refractivity contribution is 0.0928. The van der Waals surface area contributed by atoms with Crippen LogP contribution in [0.25, 0.3) is 22.5 Å². The Hall–Kier alpha value is -4.20. The summed E-state index contributed by atoms with van der Waals surface area (Å²) in [6.07, 6.45) is 2.31. The lowest BCUT2D eigenvalue weighted by atomic mass is 10.0. The number of hydrogen-bond donors (Lipinski definition) is 2. The minimum atomic E-state index is -0.229. The number of methoxy groups -OCH3 is 1. The van der Waals surface area contributed by atoms with Gasteiger partial charge in [0.1, 0.15) is 23.3 Å². The molecule has 8 heteroatoms. The molecule has 0 spiro atoms. The zero-order valence-corrected chi connectivity index (χ0v) is 19.3. The Morgan fingerprint density at radius 2 is 2.03 bits per heavy atom. The van der Waals surface area contributed by atoms with Gasteiger partial charge in [0, 0.05) is 23.7 Å². The van der Waals surface area contributed by atoms with Crippen molar-refractivity contribution in [1.82, 2.24) is 25.5 Å². The number of hydrogen-bond acceptors (Lipinski definition) is 6. The molecule has 1 aliphatic rings. The number of carbonyl (C=O) groups is 1. The van der Waals surface area contributed by atoms with E-state index in [0.29, 0.717) is 24.4 Å². The van der Waals surface area contributed by atoms with Crippen LogP contribution in [0, 0.1) is 13.8 Å². The van der Waals surface area contributed by atoms with Crippen LogP contribution in [0.15, 0.2) is 54.7 Å². The third-order valence-electron chi connectivity index (χ3n) is 5.86. The van der Waals surface area contributed by atoms with Crippen molar-refractivity contribution in [2.24, 2.45) is 0 Å². The van der Waals surface area contributed by atoms with Gasteiger partial charge in [0.15, 0.2) is 0 Å². The number of amides is 1. The summed E-state index contributed by atoms with van der Waals surface area (Å²) in [5.74, 6) is 1.35. The Kier molecular flexibility index (Phi) is 5.71. The molecule has 1 amide bonds. The zero-order chi connectivity index (χ0) is 23.7. The molecular formula is C26H25N5O3. The molecule has 0 saturated carbocycles. The van der Waals surface area contributed by atoms with E-state index in [4.69, 9.17) is 9.47 Å². The van der Waals surface area contributed by atoms with E-state index < -0.39 is 0 Å². The summed E-state index contributed by atoms with van der Waals surface area (Å²) in [5, 5.41) is 10.0. The molecule has 0 aliphatic carbocycles. The fraction of sp³-hybridized carbons (Fsp3) is 0.231. The number of aromatic amines is 1. The third-order valence-corrected chi connectivity index (χ3v) is 5.86. The van der Waals surface area contributed by atoms with Crippen molar-refractivity contribution in [3.8, 4) is 34.0 Å². The van der Waals surface area contributed by atoms with Crippen molar-refractivity contribution in [2.45, 2.75) is 26.4 Å². The Balaban J connectivity index is 1.25. The van der Waals surface area contributed by atoms with Crippen molar-refractivity contribution in [3.05, 3.63) is 77.4 Å². The van der Waals surface area contributed by atoms with Gasteiger partial charge in [-0.3, -0.25) is 14.9 Å². The molecule has 8 nitrogen and oxygen atoms in total. The van der Waals surface area contributed by atoms with Gasteiger partial charge in [-0.05, 0) is 55.8 Å². The lowest BCUT2D eigenvalue weighted by Gasteiger charge is -2.14. The molecule has 0 fully saturated rings. The van der Waals surface area contributed by atoms with Gasteiger partial charge in [-0.25, -0.2) is 4.98 Å². The quantitative estimate of drug-likeness (QED) is 0.457. The van der Waals surface area contributed by atoms with E-state index in [2.05, 4.69) is 31.5 Å². The second kappa shape index (κ2) is 8.97. The molecule has 2 aromatic heterocycles. The van der Waals surface area contributed by atoms with Gasteiger partial charge in [0.25, 0.3) is 5.91 Å². The highest BCUT2D eigenvalue weighted by molar-refractivity contribution is 5.93. The van der Waals surface area contributed by atoms with Crippen LogP contribution in [0.2, 0.25) is 0 Å². The molecule has 0 unspecified atom stereocenters. The number of carbonyl (C=O) groups excluding carboxylic acids is 1. The van der Waals surface area contributed by atoms with Crippen LogP contribution in [0.1, 0.15) is 27.4 Å². The molecule has 2 aromatic carbocycles. The van der Waals surface area contributed by atoms with E-state index >= 15 is 0 Å². The fourth-order valence-electron chi connectivity index (χ4n) is 4.08. The predicted octanol–water partition coefficient (Wildman–Crippen LogP) is 3.89. The van der Waals surface area contributed by atoms with Gasteiger partial charge in [0.2, 0.25) is 0 Å². The highest BCUT2D eigenvalue weighted by Crippen LogP contribution is 2.38. The van der Waals surface area contributed by atoms with E-state index in [-0.39, 0.29) is 12.0 Å². The second-order valence-electron chi connectivity index (χ2n) is 8.29. The number of ether oxygens (including phenoxy) is 2. The lowest BCUT2D eigenvalue weighted by Crippen LogP contribution is -2.34. The van der Waals surface area contributed by atoms with Crippen LogP contribution in [0.5, 0.6) is 11.5 Å². The number of nitrogens with one attached hydrogen (secondary N) is 2. The van der Waals surface area contributed by atoms with Crippen molar-refractivity contribution < 1.29 is 14.3 Å². The molecular weight excluding hydrogens is 430 g/mol. The maximum absolute atomic E-state index is 12.7. The SMILES string of the molecule is COc1ccc(-c2cc(C(=O)NC[C@H]3Cc4cccc(-c5nc(C)cnc5C)c4O3)[nH]n2)cc1. The second-order valence-corrected chi connectivity index (χ2v) is 8.29. The van der Waals surface area contributed by atoms with Crippen LogP contribution < -0.4 is 14.8 Å². The van der Waals surface area contributed by atoms with E-state index in [1.807, 2.05) is 50.2 Å². The molecule has 4 aromatic rings. The van der Waals surface area contributed by atoms with Crippen LogP contribution in [0.4, 0.5) is 0 Å². The first-order chi connectivity index (χ1) is 16.5. The topological polar surface area (TPSA) is 102 Å². The number of fused-ring (bicyclic) bond motifs is 1. The van der Waals surface area contributed by atoms with Gasteiger partial charge < -0.3 is 14.8 Å². The number of rotatable bonds is 6. The third kappa shape index (κ3) is 4.22. The smallest absolute Gasteiger partial charge is 0.269 e. The van der Waals surface area contributed by atoms with Crippen LogP contribution in [0.3, 0.4) is 0 Å². The Bertz CT molecular complexity index is 1350. The summed E-state index contributed by atoms with van der Waals surface area (Å²) in [4.78, 5) is 21.8. The first kappa shape index (κ1) is 21.6. The van der Waals surface area contributed by atoms with Crippen LogP contribution in [-0.2, 0) is 6.42 Å². The summed E-state index contributed by atoms with van der Waals surface area (Å²) in [6, 6.07) is 15.3. The molecule has 34 heavy (non-hydrogen) atoms. The first-order valence-electron chi connectivity index (χ1n) is 11.1. The molecule has 5 rings (SSSR count). The zero-order valence-electron chi connectivity index (χ0n) is 19.3. The fourth-order valence-corrected chi connectivity index (χ4v) is 4.08. The minimum Gasteiger partial charge on any atom is -0.497 e. The molecule has 3 heterocycles. The molecule has 172 valence electrons. The van der Waals surface area contributed by atoms with E-state index in [1.54, 1.807) is 19.4 Å². The largest absolute Gasteiger partial charge is 0.497 e. The Morgan fingerprint density at radius 3 is 2.82 bits per heavy atom. The van der Waals surface area contributed by atoms with Gasteiger partial charge >= 0.3 is 0 Å². The summed E-state index contributed by atoms with van der Waals surface area (Å²) in [5.41, 5.74) is 6.54. The average Bonchev–Trinajstić information content (AvgIpc) is 3.51. The average molecular weight is 456 g/mol. The minimum absolute atomic E-state index is 0.165. The van der Waals surface area contributed by atoms with Crippen molar-refractivity contribution in [2.75, 3.05) is 13.7 Å². The Labute approximate surface area is 197 Å². The molecule has 0 saturated heterocycles. The molecule has 0 radical (unpaired) electrons. The number of nitrogens with zero attached hydrogens (tertiary/aromatic N) is 3. The molecule has 1 aliphatic heterocycles. The number of H-pyrrole nitrogens is 1. The van der Waals surface area contributed by atoms with E-state index in [1.165, 1.54) is 0 Å². The summed E-state index contributed by atoms with van der Waals surface area (Å²) < 4.78 is 11.4. The highest BCUT2D eigenvalue weighted by Gasteiger charge is 2.27. The highest BCUT2D eigenvalue weighted by atomic mass is 16.5. The summed E-state index contributed by atoms with van der Waals surface area (Å²) in [6.45, 7) is 4.24. The first-order valence-corrected chi connectivity index (χ1v) is 11.1. The number of aromatic nitrogens is 4. The van der Waals surface area contributed by atoms with E-state index in [9.17, 15) is 4.79 Å². The summed E-state index contributed by atoms with van der Waals surface area (Å²) >= 11 is 0. The predicted molar refractivity (Wildman–Crippen MR) is 128 cm³/mol. The number of aryl methyl sites for hydroxylation is 2. The van der Waals surface area contributed by atoms with Gasteiger partial charge in [-0.1, -0.05) is 12.1 Å². The van der Waals surface area contributed by atoms with Gasteiger partial charge in [0.05, 0.1) is 36.4 Å². The standard InChI is InChI=1S/C26H25N5O3/c1-15-13-27-16(2)24(29-15)21-6-4-5-18-11-20(34-25(18)21)14-28-26(32)23-12-22(30-31-23)17-7-9-19(33-3)10-8-17/h4-10,12-13,20H,11,14H2,1-3H3,(H,28,32)(H,30,31)/t20-/m1/s1. The molecule has 1 atom stereocenters. The van der Waals surface area contributed by atoms with Gasteiger partial charge in [-0.15, -0.1) is 0 Å². The maximum Gasteiger partial charge on any atom is 0.269 e. The van der Waals surface area contributed by atoms with E-state index in [0.717, 1.165) is 45.3 Å². The normalized spacial score (nSPS) is 14.4. The van der Waals surface area contributed by atoms with Crippen molar-refractivity contribution in [1.29, 1.82) is 0 Å². The number of para-hydroxylation sites is 1. The van der Waals surface area contributed by atoms with Crippen molar-refractivity contribution in [3.63, 3.8) is 0 Å². The molecule has 2 N–H and O–H groups in total. The van der Waals surface area contributed by atoms with Gasteiger partial charge in [-0.2, -0.15) is 5.10 Å². The number of benzene rings is 2. The summed E-state index contributed by atoms with van der Waals surface area (Å²) in [7, 11) is 1.62. The Morgan fingerprint density at radius 1 is 1.21 bits per heavy atom. The molecule has 0 bridgehead atoms. The maximum atomic E-state index is 12.7. The van der Waals surface area contributed by atoms with Crippen LogP contribution in [-0.4, -0.2) is 45.8 Å². The monoisotopic (exact) mass is 455 g/mol.